The molecular formula is C21H22FN3O8S. The highest BCUT2D eigenvalue weighted by atomic mass is 32.2. The number of sulfonamides is 1. The van der Waals surface area contributed by atoms with Crippen molar-refractivity contribution in [3.8, 4) is 5.75 Å². The van der Waals surface area contributed by atoms with Crippen molar-refractivity contribution in [2.45, 2.75) is 24.2 Å². The van der Waals surface area contributed by atoms with Gasteiger partial charge in [0.1, 0.15) is 10.6 Å². The van der Waals surface area contributed by atoms with Gasteiger partial charge in [0.2, 0.25) is 15.8 Å². The summed E-state index contributed by atoms with van der Waals surface area (Å²) in [7, 11) is -2.51. The highest BCUT2D eigenvalue weighted by molar-refractivity contribution is 7.89. The van der Waals surface area contributed by atoms with Crippen molar-refractivity contribution in [3.63, 3.8) is 0 Å². The molecule has 0 spiro atoms. The molecule has 34 heavy (non-hydrogen) atoms. The number of nitrogens with zero attached hydrogens (tertiary/aromatic N) is 2. The van der Waals surface area contributed by atoms with E-state index < -0.39 is 44.9 Å². The van der Waals surface area contributed by atoms with Crippen LogP contribution in [-0.4, -0.2) is 56.3 Å². The van der Waals surface area contributed by atoms with Crippen molar-refractivity contribution in [3.05, 3.63) is 57.9 Å². The summed E-state index contributed by atoms with van der Waals surface area (Å²) in [6.45, 7) is 0.0280. The van der Waals surface area contributed by atoms with E-state index in [1.807, 2.05) is 0 Å². The Morgan fingerprint density at radius 3 is 2.47 bits per heavy atom. The second kappa shape index (κ2) is 10.6. The van der Waals surface area contributed by atoms with Crippen LogP contribution in [0.25, 0.3) is 0 Å². The van der Waals surface area contributed by atoms with Crippen LogP contribution in [0.4, 0.5) is 15.8 Å². The quantitative estimate of drug-likeness (QED) is 0.334. The average molecular weight is 495 g/mol. The van der Waals surface area contributed by atoms with Gasteiger partial charge in [-0.3, -0.25) is 14.9 Å². The van der Waals surface area contributed by atoms with Crippen LogP contribution in [0.2, 0.25) is 0 Å². The van der Waals surface area contributed by atoms with Crippen LogP contribution >= 0.6 is 0 Å². The Kier molecular flexibility index (Phi) is 7.79. The number of benzene rings is 2. The molecule has 2 aromatic carbocycles. The largest absolute Gasteiger partial charge is 0.495 e. The van der Waals surface area contributed by atoms with Crippen LogP contribution in [0.3, 0.4) is 0 Å². The molecule has 0 aliphatic carbocycles. The van der Waals surface area contributed by atoms with Crippen molar-refractivity contribution in [2.75, 3.05) is 32.1 Å². The molecule has 1 N–H and O–H groups in total. The predicted molar refractivity (Wildman–Crippen MR) is 118 cm³/mol. The van der Waals surface area contributed by atoms with Gasteiger partial charge in [-0.1, -0.05) is 6.42 Å². The molecule has 1 heterocycles. The predicted octanol–water partition coefficient (Wildman–Crippen LogP) is 2.71. The number of methoxy groups -OCH3 is 1. The molecule has 3 rings (SSSR count). The molecule has 0 atom stereocenters. The Morgan fingerprint density at radius 1 is 1.15 bits per heavy atom. The molecule has 1 saturated heterocycles. The molecule has 0 radical (unpaired) electrons. The number of halogens is 1. The first-order valence-electron chi connectivity index (χ1n) is 10.2. The molecule has 0 bridgehead atoms. The van der Waals surface area contributed by atoms with E-state index in [1.165, 1.54) is 29.6 Å². The standard InChI is InChI=1S/C21H22FN3O8S/c1-32-18-8-6-15(12-19(18)34(30,31)24-9-3-2-4-10-24)23-20(26)13-33-21(27)14-5-7-17(25(28)29)16(22)11-14/h5-8,11-12H,2-4,9-10,13H2,1H3,(H,23,26). The third kappa shape index (κ3) is 5.66. The van der Waals surface area contributed by atoms with Crippen LogP contribution in [0, 0.1) is 15.9 Å². The first-order chi connectivity index (χ1) is 16.1. The van der Waals surface area contributed by atoms with E-state index in [0.717, 1.165) is 31.4 Å². The lowest BCUT2D eigenvalue weighted by atomic mass is 10.2. The zero-order valence-electron chi connectivity index (χ0n) is 18.2. The summed E-state index contributed by atoms with van der Waals surface area (Å²) in [5.74, 6) is -2.94. The molecule has 0 unspecified atom stereocenters. The minimum atomic E-state index is -3.85. The van der Waals surface area contributed by atoms with Crippen LogP contribution in [0.1, 0.15) is 29.6 Å². The number of esters is 1. The Morgan fingerprint density at radius 2 is 1.85 bits per heavy atom. The zero-order valence-corrected chi connectivity index (χ0v) is 19.0. The number of nitro groups is 1. The Bertz CT molecular complexity index is 1210. The van der Waals surface area contributed by atoms with E-state index in [0.29, 0.717) is 19.2 Å². The molecule has 182 valence electrons. The smallest absolute Gasteiger partial charge is 0.338 e. The topological polar surface area (TPSA) is 145 Å². The van der Waals surface area contributed by atoms with Crippen molar-refractivity contribution in [1.82, 2.24) is 4.31 Å². The summed E-state index contributed by atoms with van der Waals surface area (Å²) in [6.07, 6.45) is 2.45. The number of anilines is 1. The van der Waals surface area contributed by atoms with Gasteiger partial charge in [0, 0.05) is 24.8 Å². The molecule has 0 saturated carbocycles. The summed E-state index contributed by atoms with van der Waals surface area (Å²) in [5, 5.41) is 13.1. The monoisotopic (exact) mass is 495 g/mol. The van der Waals surface area contributed by atoms with Crippen molar-refractivity contribution < 1.29 is 36.8 Å². The van der Waals surface area contributed by atoms with Gasteiger partial charge in [-0.25, -0.2) is 13.2 Å². The third-order valence-electron chi connectivity index (χ3n) is 5.09. The fourth-order valence-electron chi connectivity index (χ4n) is 3.39. The van der Waals surface area contributed by atoms with Gasteiger partial charge in [-0.05, 0) is 43.2 Å². The molecule has 11 nitrogen and oxygen atoms in total. The summed E-state index contributed by atoms with van der Waals surface area (Å²) < 4.78 is 51.2. The number of nitrogens with one attached hydrogen (secondary N) is 1. The maximum absolute atomic E-state index is 13.7. The van der Waals surface area contributed by atoms with E-state index in [1.54, 1.807) is 0 Å². The zero-order chi connectivity index (χ0) is 24.9. The lowest BCUT2D eigenvalue weighted by molar-refractivity contribution is -0.387. The van der Waals surface area contributed by atoms with E-state index in [2.05, 4.69) is 5.32 Å². The minimum Gasteiger partial charge on any atom is -0.495 e. The Hall–Kier alpha value is -3.58. The van der Waals surface area contributed by atoms with E-state index in [-0.39, 0.29) is 21.9 Å². The summed E-state index contributed by atoms with van der Waals surface area (Å²) in [4.78, 5) is 33.9. The molecule has 1 amide bonds. The number of amides is 1. The second-order valence-corrected chi connectivity index (χ2v) is 9.28. The van der Waals surface area contributed by atoms with Gasteiger partial charge in [0.15, 0.2) is 6.61 Å². The highest BCUT2D eigenvalue weighted by Gasteiger charge is 2.29. The fourth-order valence-corrected chi connectivity index (χ4v) is 5.09. The molecule has 1 fully saturated rings. The second-order valence-electron chi connectivity index (χ2n) is 7.38. The van der Waals surface area contributed by atoms with E-state index in [4.69, 9.17) is 9.47 Å². The maximum atomic E-state index is 13.7. The average Bonchev–Trinajstić information content (AvgIpc) is 2.82. The Balaban J connectivity index is 1.68. The van der Waals surface area contributed by atoms with Gasteiger partial charge in [-0.15, -0.1) is 0 Å². The molecule has 1 aliphatic rings. The first kappa shape index (κ1) is 25.1. The molecule has 13 heteroatoms. The highest BCUT2D eigenvalue weighted by Crippen LogP contribution is 2.31. The number of piperidine rings is 1. The van der Waals surface area contributed by atoms with Gasteiger partial charge < -0.3 is 14.8 Å². The Labute approximate surface area is 194 Å². The van der Waals surface area contributed by atoms with Gasteiger partial charge in [0.05, 0.1) is 17.6 Å². The molecular weight excluding hydrogens is 473 g/mol. The van der Waals surface area contributed by atoms with Crippen LogP contribution in [0.15, 0.2) is 41.3 Å². The number of nitro benzene ring substituents is 1. The molecule has 0 aromatic heterocycles. The number of hydrogen-bond acceptors (Lipinski definition) is 8. The van der Waals surface area contributed by atoms with E-state index in [9.17, 15) is 32.5 Å². The number of ether oxygens (including phenoxy) is 2. The van der Waals surface area contributed by atoms with Crippen molar-refractivity contribution >= 4 is 33.3 Å². The van der Waals surface area contributed by atoms with Crippen LogP contribution < -0.4 is 10.1 Å². The number of carbonyl (C=O) groups is 2. The summed E-state index contributed by atoms with van der Waals surface area (Å²) in [5.41, 5.74) is -0.974. The fraction of sp³-hybridized carbons (Fsp3) is 0.333. The van der Waals surface area contributed by atoms with Crippen molar-refractivity contribution in [1.29, 1.82) is 0 Å². The lowest BCUT2D eigenvalue weighted by Gasteiger charge is -2.26. The maximum Gasteiger partial charge on any atom is 0.338 e. The molecule has 1 aliphatic heterocycles. The third-order valence-corrected chi connectivity index (χ3v) is 7.01. The van der Waals surface area contributed by atoms with Crippen molar-refractivity contribution in [2.24, 2.45) is 0 Å². The lowest BCUT2D eigenvalue weighted by Crippen LogP contribution is -2.35. The summed E-state index contributed by atoms with van der Waals surface area (Å²) in [6, 6.07) is 6.54. The van der Waals surface area contributed by atoms with Crippen LogP contribution in [-0.2, 0) is 19.6 Å². The summed E-state index contributed by atoms with van der Waals surface area (Å²) >= 11 is 0. The van der Waals surface area contributed by atoms with Gasteiger partial charge in [0.25, 0.3) is 5.91 Å². The van der Waals surface area contributed by atoms with Gasteiger partial charge in [-0.2, -0.15) is 8.70 Å². The number of rotatable bonds is 8. The SMILES string of the molecule is COc1ccc(NC(=O)COC(=O)c2ccc([N+](=O)[O-])c(F)c2)cc1S(=O)(=O)N1CCCCC1. The van der Waals surface area contributed by atoms with Gasteiger partial charge >= 0.3 is 11.7 Å². The van der Waals surface area contributed by atoms with Crippen LogP contribution in [0.5, 0.6) is 5.75 Å². The molecule has 2 aromatic rings. The minimum absolute atomic E-state index is 0.104. The van der Waals surface area contributed by atoms with E-state index >= 15 is 0 Å². The first-order valence-corrected chi connectivity index (χ1v) is 11.7. The number of carbonyl (C=O) groups excluding carboxylic acids is 2. The number of hydrogen-bond donors (Lipinski definition) is 1. The normalized spacial score (nSPS) is 14.3.